The normalized spacial score (nSPS) is 51.7. The molecule has 3 heteroatoms. The predicted molar refractivity (Wildman–Crippen MR) is 72.3 cm³/mol. The highest BCUT2D eigenvalue weighted by molar-refractivity contribution is 5.75. The average Bonchev–Trinajstić information content (AvgIpc) is 2.75. The smallest absolute Gasteiger partial charge is 0.309 e. The van der Waals surface area contributed by atoms with Gasteiger partial charge in [-0.2, -0.15) is 0 Å². The fourth-order valence-corrected chi connectivity index (χ4v) is 6.42. The van der Waals surface area contributed by atoms with E-state index >= 15 is 0 Å². The van der Waals surface area contributed by atoms with Gasteiger partial charge in [0.15, 0.2) is 0 Å². The van der Waals surface area contributed by atoms with Gasteiger partial charge in [-0.1, -0.05) is 20.8 Å². The van der Waals surface area contributed by atoms with E-state index in [9.17, 15) is 9.90 Å². The molecule has 3 nitrogen and oxygen atoms in total. The van der Waals surface area contributed by atoms with Gasteiger partial charge in [-0.25, -0.2) is 0 Å². The average molecular weight is 266 g/mol. The van der Waals surface area contributed by atoms with Crippen molar-refractivity contribution in [2.75, 3.05) is 7.11 Å². The molecular weight excluding hydrogens is 240 g/mol. The Bertz CT molecular complexity index is 405. The Kier molecular flexibility index (Phi) is 2.80. The number of rotatable bonds is 2. The Morgan fingerprint density at radius 2 is 2.00 bits per heavy atom. The number of aliphatic hydroxyl groups is 1. The molecule has 0 aromatic heterocycles. The molecule has 3 fully saturated rings. The van der Waals surface area contributed by atoms with Gasteiger partial charge in [-0.15, -0.1) is 0 Å². The zero-order chi connectivity index (χ0) is 14.0. The summed E-state index contributed by atoms with van der Waals surface area (Å²) in [5.74, 6) is 1.46. The fourth-order valence-electron chi connectivity index (χ4n) is 6.42. The van der Waals surface area contributed by atoms with Gasteiger partial charge >= 0.3 is 5.97 Å². The minimum absolute atomic E-state index is 0.00389. The minimum atomic E-state index is -0.251. The highest BCUT2D eigenvalue weighted by Crippen LogP contribution is 2.76. The first-order chi connectivity index (χ1) is 8.87. The number of hydrogen-bond acceptors (Lipinski definition) is 3. The van der Waals surface area contributed by atoms with E-state index in [1.54, 1.807) is 0 Å². The van der Waals surface area contributed by atoms with Gasteiger partial charge in [0.1, 0.15) is 0 Å². The van der Waals surface area contributed by atoms with Crippen LogP contribution in [0.5, 0.6) is 0 Å². The second-order valence-corrected chi connectivity index (χ2v) is 7.57. The molecule has 0 spiro atoms. The third-order valence-corrected chi connectivity index (χ3v) is 6.81. The molecule has 0 radical (unpaired) electrons. The van der Waals surface area contributed by atoms with E-state index in [1.165, 1.54) is 13.5 Å². The van der Waals surface area contributed by atoms with Gasteiger partial charge in [0.25, 0.3) is 0 Å². The lowest BCUT2D eigenvalue weighted by Gasteiger charge is -2.49. The Morgan fingerprint density at radius 3 is 2.58 bits per heavy atom. The second-order valence-electron chi connectivity index (χ2n) is 7.57. The molecule has 4 bridgehead atoms. The molecule has 19 heavy (non-hydrogen) atoms. The zero-order valence-electron chi connectivity index (χ0n) is 12.5. The molecule has 0 saturated heterocycles. The molecule has 6 atom stereocenters. The van der Waals surface area contributed by atoms with Gasteiger partial charge < -0.3 is 9.84 Å². The van der Waals surface area contributed by atoms with Crippen LogP contribution < -0.4 is 0 Å². The quantitative estimate of drug-likeness (QED) is 0.782. The Balaban J connectivity index is 2.11. The van der Waals surface area contributed by atoms with E-state index < -0.39 is 0 Å². The van der Waals surface area contributed by atoms with E-state index in [1.807, 2.05) is 0 Å². The molecule has 3 saturated carbocycles. The first-order valence-electron chi connectivity index (χ1n) is 7.63. The van der Waals surface area contributed by atoms with Gasteiger partial charge in [-0.05, 0) is 54.3 Å². The summed E-state index contributed by atoms with van der Waals surface area (Å²) in [6.45, 7) is 6.75. The molecular formula is C16H26O3. The van der Waals surface area contributed by atoms with Gasteiger partial charge in [0, 0.05) is 0 Å². The van der Waals surface area contributed by atoms with Crippen LogP contribution in [0.25, 0.3) is 0 Å². The van der Waals surface area contributed by atoms with Crippen molar-refractivity contribution in [2.45, 2.75) is 52.6 Å². The standard InChI is InChI=1S/C16H26O3/c1-9(2)16-8-10(17)7-15(3)12(16)6-5-11(16)13(15)14(18)19-4/h9-13,17H,5-8H2,1-4H3/t10?,11-,12+,13-,15+,16-/m1/s1. The Labute approximate surface area is 115 Å². The zero-order valence-corrected chi connectivity index (χ0v) is 12.5. The molecule has 1 N–H and O–H groups in total. The van der Waals surface area contributed by atoms with Crippen LogP contribution in [0.4, 0.5) is 0 Å². The third kappa shape index (κ3) is 1.40. The molecule has 3 rings (SSSR count). The second kappa shape index (κ2) is 3.97. The van der Waals surface area contributed by atoms with Crippen molar-refractivity contribution in [1.29, 1.82) is 0 Å². The van der Waals surface area contributed by atoms with Crippen molar-refractivity contribution < 1.29 is 14.6 Å². The molecule has 0 amide bonds. The maximum atomic E-state index is 12.3. The summed E-state index contributed by atoms with van der Waals surface area (Å²) in [6.07, 6.45) is 3.74. The van der Waals surface area contributed by atoms with Crippen LogP contribution in [0.15, 0.2) is 0 Å². The monoisotopic (exact) mass is 266 g/mol. The lowest BCUT2D eigenvalue weighted by atomic mass is 9.56. The van der Waals surface area contributed by atoms with Crippen LogP contribution in [0.3, 0.4) is 0 Å². The van der Waals surface area contributed by atoms with Crippen LogP contribution in [0.2, 0.25) is 0 Å². The maximum Gasteiger partial charge on any atom is 0.309 e. The van der Waals surface area contributed by atoms with Crippen molar-refractivity contribution in [3.8, 4) is 0 Å². The molecule has 3 aliphatic carbocycles. The minimum Gasteiger partial charge on any atom is -0.469 e. The van der Waals surface area contributed by atoms with Crippen molar-refractivity contribution in [3.05, 3.63) is 0 Å². The topological polar surface area (TPSA) is 46.5 Å². The first-order valence-corrected chi connectivity index (χ1v) is 7.63. The van der Waals surface area contributed by atoms with E-state index in [4.69, 9.17) is 4.74 Å². The molecule has 0 heterocycles. The Morgan fingerprint density at radius 1 is 1.32 bits per heavy atom. The highest BCUT2D eigenvalue weighted by atomic mass is 16.5. The fraction of sp³-hybridized carbons (Fsp3) is 0.938. The van der Waals surface area contributed by atoms with E-state index in [2.05, 4.69) is 20.8 Å². The highest BCUT2D eigenvalue weighted by Gasteiger charge is 2.73. The van der Waals surface area contributed by atoms with Crippen LogP contribution >= 0.6 is 0 Å². The van der Waals surface area contributed by atoms with Crippen LogP contribution in [0.1, 0.15) is 46.5 Å². The molecule has 0 aromatic carbocycles. The number of hydrogen-bond donors (Lipinski definition) is 1. The third-order valence-electron chi connectivity index (χ3n) is 6.81. The molecule has 0 aliphatic heterocycles. The SMILES string of the molecule is COC(=O)[C@H]1[C@H]2CC[C@H]3[C@]1(C)CC(O)C[C@@]23C(C)C. The molecule has 1 unspecified atom stereocenters. The van der Waals surface area contributed by atoms with Gasteiger partial charge in [0.2, 0.25) is 0 Å². The summed E-state index contributed by atoms with van der Waals surface area (Å²) in [5.41, 5.74) is 0.100. The predicted octanol–water partition coefficient (Wildman–Crippen LogP) is 2.62. The summed E-state index contributed by atoms with van der Waals surface area (Å²) in [7, 11) is 1.50. The summed E-state index contributed by atoms with van der Waals surface area (Å²) >= 11 is 0. The maximum absolute atomic E-state index is 12.3. The van der Waals surface area contributed by atoms with Gasteiger partial charge in [0.05, 0.1) is 19.1 Å². The summed E-state index contributed by atoms with van der Waals surface area (Å²) in [5, 5.41) is 10.4. The van der Waals surface area contributed by atoms with Crippen LogP contribution in [-0.2, 0) is 9.53 Å². The van der Waals surface area contributed by atoms with Crippen molar-refractivity contribution >= 4 is 5.97 Å². The van der Waals surface area contributed by atoms with Crippen LogP contribution in [-0.4, -0.2) is 24.3 Å². The molecule has 3 aliphatic rings. The van der Waals surface area contributed by atoms with E-state index in [0.717, 1.165) is 19.3 Å². The van der Waals surface area contributed by atoms with Crippen LogP contribution in [0, 0.1) is 34.5 Å². The molecule has 0 aromatic rings. The van der Waals surface area contributed by atoms with Gasteiger partial charge in [-0.3, -0.25) is 4.79 Å². The lowest BCUT2D eigenvalue weighted by Crippen LogP contribution is -2.46. The van der Waals surface area contributed by atoms with Crippen molar-refractivity contribution in [1.82, 2.24) is 0 Å². The largest absolute Gasteiger partial charge is 0.469 e. The number of carbonyl (C=O) groups excluding carboxylic acids is 1. The van der Waals surface area contributed by atoms with Crippen molar-refractivity contribution in [3.63, 3.8) is 0 Å². The summed E-state index contributed by atoms with van der Waals surface area (Å²) < 4.78 is 5.10. The number of methoxy groups -OCH3 is 1. The van der Waals surface area contributed by atoms with E-state index in [0.29, 0.717) is 17.8 Å². The molecule has 108 valence electrons. The van der Waals surface area contributed by atoms with E-state index in [-0.39, 0.29) is 28.8 Å². The lowest BCUT2D eigenvalue weighted by molar-refractivity contribution is -0.153. The number of aliphatic hydroxyl groups excluding tert-OH is 1. The number of carbonyl (C=O) groups is 1. The summed E-state index contributed by atoms with van der Waals surface area (Å²) in [6, 6.07) is 0. The number of esters is 1. The number of ether oxygens (including phenoxy) is 1. The summed E-state index contributed by atoms with van der Waals surface area (Å²) in [4.78, 5) is 12.3. The Hall–Kier alpha value is -0.570. The van der Waals surface area contributed by atoms with Crippen molar-refractivity contribution in [2.24, 2.45) is 34.5 Å². The first kappa shape index (κ1) is 13.4.